The minimum atomic E-state index is 0.417. The summed E-state index contributed by atoms with van der Waals surface area (Å²) in [4.78, 5) is 0. The molecule has 1 aromatic heterocycles. The second kappa shape index (κ2) is 5.21. The smallest absolute Gasteiger partial charge is 0.0540 e. The first kappa shape index (κ1) is 12.6. The van der Waals surface area contributed by atoms with Crippen LogP contribution in [0.5, 0.6) is 0 Å². The Bertz CT molecular complexity index is 366. The number of hydrogen-bond donors (Lipinski definition) is 1. The van der Waals surface area contributed by atoms with Gasteiger partial charge in [-0.2, -0.15) is 5.10 Å². The maximum atomic E-state index is 4.33. The van der Waals surface area contributed by atoms with Crippen molar-refractivity contribution in [2.24, 2.45) is 13.0 Å². The molecule has 0 saturated heterocycles. The summed E-state index contributed by atoms with van der Waals surface area (Å²) in [5.41, 5.74) is 2.62. The van der Waals surface area contributed by atoms with Crippen LogP contribution in [0.1, 0.15) is 56.8 Å². The average Bonchev–Trinajstić information content (AvgIpc) is 3.07. The second-order valence-corrected chi connectivity index (χ2v) is 5.43. The number of nitrogens with one attached hydrogen (secondary N) is 1. The van der Waals surface area contributed by atoms with Crippen LogP contribution >= 0.6 is 0 Å². The minimum absolute atomic E-state index is 0.417. The molecule has 96 valence electrons. The largest absolute Gasteiger partial charge is 0.307 e. The predicted molar refractivity (Wildman–Crippen MR) is 70.9 cm³/mol. The third-order valence-corrected chi connectivity index (χ3v) is 3.99. The number of aryl methyl sites for hydroxylation is 1. The van der Waals surface area contributed by atoms with Crippen molar-refractivity contribution in [3.05, 3.63) is 17.5 Å². The van der Waals surface area contributed by atoms with Crippen LogP contribution in [0.4, 0.5) is 0 Å². The first-order valence-electron chi connectivity index (χ1n) is 6.88. The lowest BCUT2D eigenvalue weighted by atomic mass is 10.0. The van der Waals surface area contributed by atoms with Gasteiger partial charge in [0.1, 0.15) is 0 Å². The lowest BCUT2D eigenvalue weighted by molar-refractivity contribution is 0.389. The van der Waals surface area contributed by atoms with Gasteiger partial charge >= 0.3 is 0 Å². The highest BCUT2D eigenvalue weighted by molar-refractivity contribution is 5.20. The van der Waals surface area contributed by atoms with Crippen LogP contribution in [0.25, 0.3) is 0 Å². The van der Waals surface area contributed by atoms with Crippen molar-refractivity contribution in [3.63, 3.8) is 0 Å². The zero-order chi connectivity index (χ0) is 12.4. The Morgan fingerprint density at radius 3 is 2.71 bits per heavy atom. The van der Waals surface area contributed by atoms with E-state index in [2.05, 4.69) is 31.2 Å². The standard InChI is InChI=1S/C14H25N3/c1-5-6-14(12-7-8-12)16-10(2)13-9-15-17(4)11(13)3/h9-10,12,14,16H,5-8H2,1-4H3. The molecule has 0 radical (unpaired) electrons. The molecule has 2 atom stereocenters. The fourth-order valence-electron chi connectivity index (χ4n) is 2.62. The van der Waals surface area contributed by atoms with Crippen LogP contribution in [-0.2, 0) is 7.05 Å². The van der Waals surface area contributed by atoms with Gasteiger partial charge in [-0.25, -0.2) is 0 Å². The monoisotopic (exact) mass is 235 g/mol. The zero-order valence-electron chi connectivity index (χ0n) is 11.5. The Hall–Kier alpha value is -0.830. The van der Waals surface area contributed by atoms with E-state index in [0.717, 1.165) is 5.92 Å². The third kappa shape index (κ3) is 2.89. The van der Waals surface area contributed by atoms with Gasteiger partial charge in [0.2, 0.25) is 0 Å². The molecule has 0 aromatic carbocycles. The Kier molecular flexibility index (Phi) is 3.87. The van der Waals surface area contributed by atoms with Gasteiger partial charge in [0.15, 0.2) is 0 Å². The highest BCUT2D eigenvalue weighted by Crippen LogP contribution is 2.35. The van der Waals surface area contributed by atoms with E-state index in [1.165, 1.54) is 36.9 Å². The molecule has 1 N–H and O–H groups in total. The van der Waals surface area contributed by atoms with Crippen LogP contribution < -0.4 is 5.32 Å². The molecule has 0 aliphatic heterocycles. The van der Waals surface area contributed by atoms with Crippen LogP contribution in [0, 0.1) is 12.8 Å². The van der Waals surface area contributed by atoms with E-state index >= 15 is 0 Å². The normalized spacial score (nSPS) is 19.3. The summed E-state index contributed by atoms with van der Waals surface area (Å²) in [6.45, 7) is 6.68. The fraction of sp³-hybridized carbons (Fsp3) is 0.786. The summed E-state index contributed by atoms with van der Waals surface area (Å²) in [5, 5.41) is 8.12. The van der Waals surface area contributed by atoms with Crippen molar-refractivity contribution in [2.75, 3.05) is 0 Å². The Balaban J connectivity index is 1.99. The first-order chi connectivity index (χ1) is 8.13. The molecular weight excluding hydrogens is 210 g/mol. The number of hydrogen-bond acceptors (Lipinski definition) is 2. The van der Waals surface area contributed by atoms with Gasteiger partial charge in [0, 0.05) is 30.4 Å². The van der Waals surface area contributed by atoms with E-state index in [0.29, 0.717) is 12.1 Å². The summed E-state index contributed by atoms with van der Waals surface area (Å²) in [7, 11) is 2.01. The molecule has 2 rings (SSSR count). The van der Waals surface area contributed by atoms with Gasteiger partial charge in [0.05, 0.1) is 6.20 Å². The van der Waals surface area contributed by atoms with Crippen LogP contribution in [0.2, 0.25) is 0 Å². The molecule has 1 fully saturated rings. The van der Waals surface area contributed by atoms with Crippen molar-refractivity contribution in [1.29, 1.82) is 0 Å². The van der Waals surface area contributed by atoms with E-state index in [1.807, 2.05) is 17.9 Å². The molecule has 3 heteroatoms. The minimum Gasteiger partial charge on any atom is -0.307 e. The van der Waals surface area contributed by atoms with Crippen molar-refractivity contribution in [2.45, 2.75) is 58.5 Å². The second-order valence-electron chi connectivity index (χ2n) is 5.43. The Labute approximate surface area is 105 Å². The molecule has 2 unspecified atom stereocenters. The van der Waals surface area contributed by atoms with Crippen molar-refractivity contribution < 1.29 is 0 Å². The van der Waals surface area contributed by atoms with Gasteiger partial charge in [-0.15, -0.1) is 0 Å². The van der Waals surface area contributed by atoms with Gasteiger partial charge in [-0.1, -0.05) is 13.3 Å². The quantitative estimate of drug-likeness (QED) is 0.821. The molecule has 1 aliphatic rings. The van der Waals surface area contributed by atoms with Gasteiger partial charge in [0.25, 0.3) is 0 Å². The van der Waals surface area contributed by atoms with E-state index in [4.69, 9.17) is 0 Å². The lowest BCUT2D eigenvalue weighted by Gasteiger charge is -2.23. The lowest BCUT2D eigenvalue weighted by Crippen LogP contribution is -2.33. The number of aromatic nitrogens is 2. The predicted octanol–water partition coefficient (Wildman–Crippen LogP) is 2.96. The molecule has 1 heterocycles. The fourth-order valence-corrected chi connectivity index (χ4v) is 2.62. The molecule has 0 bridgehead atoms. The maximum Gasteiger partial charge on any atom is 0.0540 e. The molecule has 1 aliphatic carbocycles. The maximum absolute atomic E-state index is 4.33. The molecule has 17 heavy (non-hydrogen) atoms. The van der Waals surface area contributed by atoms with Gasteiger partial charge < -0.3 is 5.32 Å². The first-order valence-corrected chi connectivity index (χ1v) is 6.88. The summed E-state index contributed by atoms with van der Waals surface area (Å²) >= 11 is 0. The van der Waals surface area contributed by atoms with Crippen LogP contribution in [-0.4, -0.2) is 15.8 Å². The molecule has 3 nitrogen and oxygen atoms in total. The van der Waals surface area contributed by atoms with E-state index in [-0.39, 0.29) is 0 Å². The number of rotatable bonds is 6. The summed E-state index contributed by atoms with van der Waals surface area (Å²) in [6.07, 6.45) is 7.40. The van der Waals surface area contributed by atoms with E-state index < -0.39 is 0 Å². The SMILES string of the molecule is CCCC(NC(C)c1cnn(C)c1C)C1CC1. The highest BCUT2D eigenvalue weighted by Gasteiger charge is 2.31. The Morgan fingerprint density at radius 1 is 1.53 bits per heavy atom. The van der Waals surface area contributed by atoms with Crippen molar-refractivity contribution >= 4 is 0 Å². The molecule has 0 amide bonds. The molecule has 1 aromatic rings. The Morgan fingerprint density at radius 2 is 2.24 bits per heavy atom. The summed E-state index contributed by atoms with van der Waals surface area (Å²) in [6, 6.07) is 1.12. The van der Waals surface area contributed by atoms with Gasteiger partial charge in [-0.05, 0) is 39.0 Å². The van der Waals surface area contributed by atoms with Crippen LogP contribution in [0.15, 0.2) is 6.20 Å². The van der Waals surface area contributed by atoms with Crippen LogP contribution in [0.3, 0.4) is 0 Å². The van der Waals surface area contributed by atoms with Crippen molar-refractivity contribution in [3.8, 4) is 0 Å². The van der Waals surface area contributed by atoms with Gasteiger partial charge in [-0.3, -0.25) is 4.68 Å². The average molecular weight is 235 g/mol. The molecule has 1 saturated carbocycles. The topological polar surface area (TPSA) is 29.9 Å². The third-order valence-electron chi connectivity index (χ3n) is 3.99. The van der Waals surface area contributed by atoms with Crippen molar-refractivity contribution in [1.82, 2.24) is 15.1 Å². The van der Waals surface area contributed by atoms with E-state index in [9.17, 15) is 0 Å². The molecular formula is C14H25N3. The summed E-state index contributed by atoms with van der Waals surface area (Å²) in [5.74, 6) is 0.925. The number of nitrogens with zero attached hydrogens (tertiary/aromatic N) is 2. The summed E-state index contributed by atoms with van der Waals surface area (Å²) < 4.78 is 1.96. The highest BCUT2D eigenvalue weighted by atomic mass is 15.3. The molecule has 0 spiro atoms. The zero-order valence-corrected chi connectivity index (χ0v) is 11.5. The van der Waals surface area contributed by atoms with E-state index in [1.54, 1.807) is 0 Å².